The number of aliphatic carboxylic acids is 1. The predicted octanol–water partition coefficient (Wildman–Crippen LogP) is 2.71. The number of carboxylic acids is 1. The maximum absolute atomic E-state index is 12.2. The van der Waals surface area contributed by atoms with Gasteiger partial charge >= 0.3 is 12.0 Å². The molecule has 6 heteroatoms. The van der Waals surface area contributed by atoms with Crippen LogP contribution in [-0.4, -0.2) is 48.7 Å². The van der Waals surface area contributed by atoms with Gasteiger partial charge in [0.05, 0.1) is 12.0 Å². The van der Waals surface area contributed by atoms with Crippen LogP contribution >= 0.6 is 0 Å². The Morgan fingerprint density at radius 2 is 1.96 bits per heavy atom. The van der Waals surface area contributed by atoms with E-state index < -0.39 is 11.9 Å². The van der Waals surface area contributed by atoms with E-state index >= 15 is 0 Å². The molecule has 1 aromatic rings. The first-order valence-electron chi connectivity index (χ1n) is 8.48. The average molecular weight is 333 g/mol. The molecule has 2 atom stereocenters. The lowest BCUT2D eigenvalue weighted by atomic mass is 10.1. The van der Waals surface area contributed by atoms with E-state index in [4.69, 9.17) is 5.11 Å². The van der Waals surface area contributed by atoms with Gasteiger partial charge in [0, 0.05) is 32.4 Å². The van der Waals surface area contributed by atoms with Crippen LogP contribution in [0.5, 0.6) is 0 Å². The lowest BCUT2D eigenvalue weighted by Gasteiger charge is -2.24. The van der Waals surface area contributed by atoms with Gasteiger partial charge in [-0.25, -0.2) is 4.79 Å². The molecule has 0 bridgehead atoms. The summed E-state index contributed by atoms with van der Waals surface area (Å²) in [5.74, 6) is -1.49. The predicted molar refractivity (Wildman–Crippen MR) is 94.3 cm³/mol. The van der Waals surface area contributed by atoms with Gasteiger partial charge in [-0.05, 0) is 37.5 Å². The second kappa shape index (κ2) is 8.04. The Hall–Kier alpha value is -2.24. The molecule has 1 fully saturated rings. The Kier molecular flexibility index (Phi) is 6.06. The van der Waals surface area contributed by atoms with Crippen molar-refractivity contribution in [1.82, 2.24) is 10.2 Å². The number of carboxylic acid groups (broad SMARTS) is 1. The number of hydrogen-bond donors (Lipinski definition) is 2. The minimum absolute atomic E-state index is 0.136. The number of nitrogens with zero attached hydrogens (tertiary/aromatic N) is 2. The molecule has 24 heavy (non-hydrogen) atoms. The fourth-order valence-corrected chi connectivity index (χ4v) is 2.92. The summed E-state index contributed by atoms with van der Waals surface area (Å²) in [6.45, 7) is 5.88. The fourth-order valence-electron chi connectivity index (χ4n) is 2.92. The Labute approximate surface area is 143 Å². The average Bonchev–Trinajstić information content (AvgIpc) is 3.09. The molecule has 2 N–H and O–H groups in total. The van der Waals surface area contributed by atoms with Gasteiger partial charge in [0.15, 0.2) is 0 Å². The van der Waals surface area contributed by atoms with Crippen molar-refractivity contribution in [2.45, 2.75) is 32.7 Å². The molecule has 0 aliphatic carbocycles. The van der Waals surface area contributed by atoms with Gasteiger partial charge in [-0.3, -0.25) is 4.79 Å². The van der Waals surface area contributed by atoms with Gasteiger partial charge in [0.2, 0.25) is 0 Å². The van der Waals surface area contributed by atoms with Crippen molar-refractivity contribution < 1.29 is 14.7 Å². The number of urea groups is 1. The molecular formula is C18H27N3O3. The summed E-state index contributed by atoms with van der Waals surface area (Å²) in [6.07, 6.45) is 2.45. The van der Waals surface area contributed by atoms with Gasteiger partial charge < -0.3 is 20.2 Å². The van der Waals surface area contributed by atoms with E-state index in [2.05, 4.69) is 22.3 Å². The van der Waals surface area contributed by atoms with E-state index in [1.54, 1.807) is 14.0 Å². The highest BCUT2D eigenvalue weighted by Crippen LogP contribution is 2.24. The Bertz CT molecular complexity index is 585. The first kappa shape index (κ1) is 18.1. The number of carbonyl (C=O) groups excluding carboxylic acids is 1. The molecule has 1 aromatic carbocycles. The quantitative estimate of drug-likeness (QED) is 0.839. The van der Waals surface area contributed by atoms with E-state index in [0.29, 0.717) is 0 Å². The van der Waals surface area contributed by atoms with Crippen molar-refractivity contribution in [3.8, 4) is 0 Å². The van der Waals surface area contributed by atoms with Crippen LogP contribution in [0.25, 0.3) is 0 Å². The number of rotatable bonds is 6. The van der Waals surface area contributed by atoms with Crippen LogP contribution in [0.2, 0.25) is 0 Å². The summed E-state index contributed by atoms with van der Waals surface area (Å²) in [5, 5.41) is 11.9. The molecule has 1 saturated heterocycles. The largest absolute Gasteiger partial charge is 0.481 e. The molecule has 2 amide bonds. The summed E-state index contributed by atoms with van der Waals surface area (Å²) in [5.41, 5.74) is 2.24. The number of carbonyl (C=O) groups is 2. The van der Waals surface area contributed by atoms with E-state index in [1.165, 1.54) is 23.4 Å². The third kappa shape index (κ3) is 4.63. The summed E-state index contributed by atoms with van der Waals surface area (Å²) < 4.78 is 0. The Morgan fingerprint density at radius 1 is 1.29 bits per heavy atom. The molecule has 0 radical (unpaired) electrons. The van der Waals surface area contributed by atoms with Crippen molar-refractivity contribution in [3.05, 3.63) is 29.8 Å². The minimum atomic E-state index is -0.902. The van der Waals surface area contributed by atoms with Crippen molar-refractivity contribution in [2.24, 2.45) is 5.92 Å². The number of anilines is 1. The highest BCUT2D eigenvalue weighted by Gasteiger charge is 2.19. The summed E-state index contributed by atoms with van der Waals surface area (Å²) >= 11 is 0. The van der Waals surface area contributed by atoms with E-state index in [0.717, 1.165) is 18.7 Å². The molecular weight excluding hydrogens is 306 g/mol. The minimum Gasteiger partial charge on any atom is -0.481 e. The van der Waals surface area contributed by atoms with Crippen LogP contribution in [0.15, 0.2) is 24.3 Å². The lowest BCUT2D eigenvalue weighted by Crippen LogP contribution is -2.41. The van der Waals surface area contributed by atoms with Crippen LogP contribution in [0, 0.1) is 5.92 Å². The molecule has 0 spiro atoms. The third-order valence-electron chi connectivity index (χ3n) is 4.50. The Balaban J connectivity index is 1.96. The van der Waals surface area contributed by atoms with Crippen LogP contribution in [-0.2, 0) is 4.79 Å². The monoisotopic (exact) mass is 333 g/mol. The molecule has 1 aliphatic rings. The highest BCUT2D eigenvalue weighted by atomic mass is 16.4. The summed E-state index contributed by atoms with van der Waals surface area (Å²) in [7, 11) is 1.61. The maximum atomic E-state index is 12.2. The van der Waals surface area contributed by atoms with Gasteiger partial charge in [0.25, 0.3) is 0 Å². The van der Waals surface area contributed by atoms with Crippen molar-refractivity contribution in [2.75, 3.05) is 31.6 Å². The molecule has 132 valence electrons. The zero-order valence-corrected chi connectivity index (χ0v) is 14.7. The first-order valence-corrected chi connectivity index (χ1v) is 8.48. The maximum Gasteiger partial charge on any atom is 0.317 e. The van der Waals surface area contributed by atoms with E-state index in [-0.39, 0.29) is 18.6 Å². The zero-order chi connectivity index (χ0) is 17.7. The molecule has 2 rings (SSSR count). The summed E-state index contributed by atoms with van der Waals surface area (Å²) in [6, 6.07) is 7.84. The number of amides is 2. The molecule has 1 heterocycles. The Morgan fingerprint density at radius 3 is 2.58 bits per heavy atom. The smallest absolute Gasteiger partial charge is 0.317 e. The number of nitrogens with one attached hydrogen (secondary N) is 1. The van der Waals surface area contributed by atoms with Crippen LogP contribution in [0.4, 0.5) is 10.5 Å². The molecule has 0 aromatic heterocycles. The molecule has 2 unspecified atom stereocenters. The zero-order valence-electron chi connectivity index (χ0n) is 14.7. The standard InChI is InChI=1S/C18H27N3O3/c1-13(17(22)23)12-20(3)18(24)19-14(2)15-7-6-8-16(11-15)21-9-4-5-10-21/h6-8,11,13-14H,4-5,9-10,12H2,1-3H3,(H,19,24)(H,22,23). The van der Waals surface area contributed by atoms with Gasteiger partial charge in [-0.1, -0.05) is 19.1 Å². The topological polar surface area (TPSA) is 72.9 Å². The van der Waals surface area contributed by atoms with Crippen LogP contribution < -0.4 is 10.2 Å². The SMILES string of the molecule is CC(CN(C)C(=O)NC(C)c1cccc(N2CCCC2)c1)C(=O)O. The lowest BCUT2D eigenvalue weighted by molar-refractivity contribution is -0.141. The van der Waals surface area contributed by atoms with Gasteiger partial charge in [-0.15, -0.1) is 0 Å². The third-order valence-corrected chi connectivity index (χ3v) is 4.50. The van der Waals surface area contributed by atoms with Crippen LogP contribution in [0.3, 0.4) is 0 Å². The molecule has 0 saturated carbocycles. The van der Waals surface area contributed by atoms with Crippen molar-refractivity contribution in [1.29, 1.82) is 0 Å². The summed E-state index contributed by atoms with van der Waals surface area (Å²) in [4.78, 5) is 26.9. The van der Waals surface area contributed by atoms with Crippen molar-refractivity contribution in [3.63, 3.8) is 0 Å². The highest BCUT2D eigenvalue weighted by molar-refractivity contribution is 5.76. The fraction of sp³-hybridized carbons (Fsp3) is 0.556. The molecule has 6 nitrogen and oxygen atoms in total. The second-order valence-corrected chi connectivity index (χ2v) is 6.58. The van der Waals surface area contributed by atoms with Gasteiger partial charge in [0.1, 0.15) is 0 Å². The number of benzene rings is 1. The van der Waals surface area contributed by atoms with E-state index in [1.807, 2.05) is 19.1 Å². The van der Waals surface area contributed by atoms with Crippen molar-refractivity contribution >= 4 is 17.7 Å². The second-order valence-electron chi connectivity index (χ2n) is 6.58. The normalized spacial score (nSPS) is 16.5. The van der Waals surface area contributed by atoms with Gasteiger partial charge in [-0.2, -0.15) is 0 Å². The van der Waals surface area contributed by atoms with Crippen LogP contribution in [0.1, 0.15) is 38.3 Å². The first-order chi connectivity index (χ1) is 11.4. The molecule has 1 aliphatic heterocycles. The number of hydrogen-bond acceptors (Lipinski definition) is 3. The van der Waals surface area contributed by atoms with E-state index in [9.17, 15) is 9.59 Å².